The number of hydrogen-bond donors (Lipinski definition) is 0. The van der Waals surface area contributed by atoms with Crippen molar-refractivity contribution in [2.24, 2.45) is 0 Å². The molecule has 168 valence electrons. The summed E-state index contributed by atoms with van der Waals surface area (Å²) in [5.41, 5.74) is 8.84. The molecule has 0 saturated carbocycles. The number of fused-ring (bicyclic) bond motifs is 5. The first kappa shape index (κ1) is 19.5. The summed E-state index contributed by atoms with van der Waals surface area (Å²) in [6.45, 7) is 0. The standard InChI is InChI=1S/C34H20O2/c1-4-13-31-26(8-1)28-11-6-10-25(34(28)36-31)22-17-15-21(16-18-22)24-19-23-7-5-14-32-33(23)29(20-24)27-9-2-3-12-30(27)35-32/h1-20H. The number of hydrogen-bond acceptors (Lipinski definition) is 2. The first-order chi connectivity index (χ1) is 17.8. The zero-order valence-electron chi connectivity index (χ0n) is 19.4. The zero-order chi connectivity index (χ0) is 23.6. The third kappa shape index (κ3) is 2.79. The molecule has 0 saturated heterocycles. The second kappa shape index (κ2) is 7.34. The summed E-state index contributed by atoms with van der Waals surface area (Å²) in [7, 11) is 0. The molecule has 0 unspecified atom stereocenters. The number of benzene rings is 6. The first-order valence-electron chi connectivity index (χ1n) is 12.2. The lowest BCUT2D eigenvalue weighted by atomic mass is 9.90. The van der Waals surface area contributed by atoms with Gasteiger partial charge in [-0.15, -0.1) is 0 Å². The molecule has 0 fully saturated rings. The Balaban J connectivity index is 1.27. The van der Waals surface area contributed by atoms with Crippen LogP contribution in [0.2, 0.25) is 0 Å². The molecule has 0 radical (unpaired) electrons. The monoisotopic (exact) mass is 460 g/mol. The molecule has 0 bridgehead atoms. The summed E-state index contributed by atoms with van der Waals surface area (Å²) in [4.78, 5) is 0. The SMILES string of the molecule is c1ccc2c(c1)Oc1cccc3cc(-c4ccc(-c5cccc6c5oc5ccccc56)cc4)cc-2c13. The summed E-state index contributed by atoms with van der Waals surface area (Å²) >= 11 is 0. The molecule has 2 nitrogen and oxygen atoms in total. The molecule has 0 atom stereocenters. The second-order valence-electron chi connectivity index (χ2n) is 9.33. The Bertz CT molecular complexity index is 1960. The summed E-state index contributed by atoms with van der Waals surface area (Å²) in [5.74, 6) is 1.82. The maximum absolute atomic E-state index is 6.27. The van der Waals surface area contributed by atoms with Gasteiger partial charge in [-0.2, -0.15) is 0 Å². The van der Waals surface area contributed by atoms with E-state index in [0.29, 0.717) is 0 Å². The second-order valence-corrected chi connectivity index (χ2v) is 9.33. The average molecular weight is 461 g/mol. The fourth-order valence-electron chi connectivity index (χ4n) is 5.57. The molecule has 0 N–H and O–H groups in total. The van der Waals surface area contributed by atoms with E-state index in [1.807, 2.05) is 24.3 Å². The summed E-state index contributed by atoms with van der Waals surface area (Å²) in [6.07, 6.45) is 0. The van der Waals surface area contributed by atoms with E-state index in [1.165, 1.54) is 27.5 Å². The van der Waals surface area contributed by atoms with Crippen molar-refractivity contribution in [2.75, 3.05) is 0 Å². The Morgan fingerprint density at radius 1 is 0.444 bits per heavy atom. The van der Waals surface area contributed by atoms with Gasteiger partial charge in [0.1, 0.15) is 22.7 Å². The Morgan fingerprint density at radius 3 is 2.11 bits per heavy atom. The molecule has 2 heterocycles. The smallest absolute Gasteiger partial charge is 0.143 e. The third-order valence-corrected chi connectivity index (χ3v) is 7.27. The van der Waals surface area contributed by atoms with Crippen molar-refractivity contribution >= 4 is 32.7 Å². The molecule has 1 aromatic heterocycles. The van der Waals surface area contributed by atoms with Gasteiger partial charge in [0.25, 0.3) is 0 Å². The number of furan rings is 1. The van der Waals surface area contributed by atoms with E-state index < -0.39 is 0 Å². The molecule has 1 aliphatic rings. The molecule has 0 aliphatic carbocycles. The van der Waals surface area contributed by atoms with Crippen LogP contribution in [-0.2, 0) is 0 Å². The van der Waals surface area contributed by atoms with Crippen LogP contribution >= 0.6 is 0 Å². The molecular formula is C34H20O2. The van der Waals surface area contributed by atoms with Gasteiger partial charge in [-0.1, -0.05) is 91.0 Å². The Hall–Kier alpha value is -4.82. The van der Waals surface area contributed by atoms with Crippen molar-refractivity contribution in [3.05, 3.63) is 121 Å². The van der Waals surface area contributed by atoms with Crippen LogP contribution < -0.4 is 4.74 Å². The predicted molar refractivity (Wildman–Crippen MR) is 148 cm³/mol. The molecule has 0 amide bonds. The van der Waals surface area contributed by atoms with Gasteiger partial charge in [0.2, 0.25) is 0 Å². The molecule has 8 rings (SSSR count). The lowest BCUT2D eigenvalue weighted by molar-refractivity contribution is 0.487. The lowest BCUT2D eigenvalue weighted by Gasteiger charge is -2.22. The van der Waals surface area contributed by atoms with E-state index in [2.05, 4.69) is 97.1 Å². The molecule has 7 aromatic rings. The third-order valence-electron chi connectivity index (χ3n) is 7.27. The van der Waals surface area contributed by atoms with Gasteiger partial charge in [0, 0.05) is 27.3 Å². The van der Waals surface area contributed by atoms with Crippen molar-refractivity contribution in [3.63, 3.8) is 0 Å². The van der Waals surface area contributed by atoms with E-state index in [9.17, 15) is 0 Å². The van der Waals surface area contributed by atoms with Gasteiger partial charge in [0.05, 0.1) is 0 Å². The fraction of sp³-hybridized carbons (Fsp3) is 0. The molecule has 1 aliphatic heterocycles. The molecular weight excluding hydrogens is 440 g/mol. The maximum Gasteiger partial charge on any atom is 0.143 e. The van der Waals surface area contributed by atoms with Crippen LogP contribution in [0.25, 0.3) is 66.1 Å². The van der Waals surface area contributed by atoms with Gasteiger partial charge in [-0.05, 0) is 58.0 Å². The highest BCUT2D eigenvalue weighted by atomic mass is 16.5. The highest BCUT2D eigenvalue weighted by Crippen LogP contribution is 2.48. The predicted octanol–water partition coefficient (Wildman–Crippen LogP) is 9.85. The van der Waals surface area contributed by atoms with Gasteiger partial charge < -0.3 is 9.15 Å². The van der Waals surface area contributed by atoms with Crippen molar-refractivity contribution in [2.45, 2.75) is 0 Å². The normalized spacial score (nSPS) is 12.1. The van der Waals surface area contributed by atoms with E-state index >= 15 is 0 Å². The van der Waals surface area contributed by atoms with Crippen LogP contribution in [0.3, 0.4) is 0 Å². The van der Waals surface area contributed by atoms with Gasteiger partial charge in [0.15, 0.2) is 0 Å². The Kier molecular flexibility index (Phi) is 3.97. The number of rotatable bonds is 2. The minimum atomic E-state index is 0.906. The minimum absolute atomic E-state index is 0.906. The molecule has 0 spiro atoms. The van der Waals surface area contributed by atoms with Crippen molar-refractivity contribution < 1.29 is 9.15 Å². The Morgan fingerprint density at radius 2 is 1.17 bits per heavy atom. The van der Waals surface area contributed by atoms with Crippen LogP contribution in [0.1, 0.15) is 0 Å². The largest absolute Gasteiger partial charge is 0.456 e. The van der Waals surface area contributed by atoms with Gasteiger partial charge >= 0.3 is 0 Å². The van der Waals surface area contributed by atoms with Crippen LogP contribution in [0.4, 0.5) is 0 Å². The van der Waals surface area contributed by atoms with E-state index in [4.69, 9.17) is 9.15 Å². The van der Waals surface area contributed by atoms with Crippen molar-refractivity contribution in [1.82, 2.24) is 0 Å². The van der Waals surface area contributed by atoms with Crippen LogP contribution in [0.5, 0.6) is 11.5 Å². The fourth-order valence-corrected chi connectivity index (χ4v) is 5.57. The van der Waals surface area contributed by atoms with Crippen LogP contribution in [0, 0.1) is 0 Å². The highest BCUT2D eigenvalue weighted by Gasteiger charge is 2.20. The average Bonchev–Trinajstić information content (AvgIpc) is 3.32. The minimum Gasteiger partial charge on any atom is -0.456 e. The van der Waals surface area contributed by atoms with Crippen molar-refractivity contribution in [3.8, 4) is 44.9 Å². The van der Waals surface area contributed by atoms with Gasteiger partial charge in [-0.3, -0.25) is 0 Å². The van der Waals surface area contributed by atoms with E-state index in [1.54, 1.807) is 0 Å². The number of ether oxygens (including phenoxy) is 1. The van der Waals surface area contributed by atoms with Crippen LogP contribution in [-0.4, -0.2) is 0 Å². The topological polar surface area (TPSA) is 22.4 Å². The first-order valence-corrected chi connectivity index (χ1v) is 12.2. The molecule has 36 heavy (non-hydrogen) atoms. The van der Waals surface area contributed by atoms with Crippen molar-refractivity contribution in [1.29, 1.82) is 0 Å². The zero-order valence-corrected chi connectivity index (χ0v) is 19.4. The lowest BCUT2D eigenvalue weighted by Crippen LogP contribution is -1.97. The highest BCUT2D eigenvalue weighted by molar-refractivity contribution is 6.10. The van der Waals surface area contributed by atoms with E-state index in [0.717, 1.165) is 50.1 Å². The number of para-hydroxylation sites is 3. The quantitative estimate of drug-likeness (QED) is 0.256. The Labute approximate surface area is 208 Å². The van der Waals surface area contributed by atoms with Crippen LogP contribution in [0.15, 0.2) is 126 Å². The summed E-state index contributed by atoms with van der Waals surface area (Å²) in [6, 6.07) is 42.5. The summed E-state index contributed by atoms with van der Waals surface area (Å²) < 4.78 is 12.5. The van der Waals surface area contributed by atoms with Gasteiger partial charge in [-0.25, -0.2) is 0 Å². The maximum atomic E-state index is 6.27. The molecule has 6 aromatic carbocycles. The van der Waals surface area contributed by atoms with E-state index in [-0.39, 0.29) is 0 Å². The summed E-state index contributed by atoms with van der Waals surface area (Å²) in [5, 5.41) is 4.66. The molecule has 2 heteroatoms.